The molecule has 0 radical (unpaired) electrons. The molecule has 102 valence electrons. The average molecular weight is 276 g/mol. The van der Waals surface area contributed by atoms with Crippen molar-refractivity contribution in [2.45, 2.75) is 26.1 Å². The van der Waals surface area contributed by atoms with Crippen LogP contribution < -0.4 is 0 Å². The van der Waals surface area contributed by atoms with E-state index < -0.39 is 18.0 Å². The van der Waals surface area contributed by atoms with Gasteiger partial charge in [0.1, 0.15) is 0 Å². The minimum Gasteiger partial charge on any atom is -0.460 e. The summed E-state index contributed by atoms with van der Waals surface area (Å²) in [7, 11) is 0. The van der Waals surface area contributed by atoms with Crippen molar-refractivity contribution in [2.24, 2.45) is 0 Å². The van der Waals surface area contributed by atoms with Crippen molar-refractivity contribution >= 4 is 29.5 Å². The topological polar surface area (TPSA) is 78.9 Å². The quantitative estimate of drug-likeness (QED) is 0.398. The second-order valence-electron chi connectivity index (χ2n) is 3.66. The summed E-state index contributed by atoms with van der Waals surface area (Å²) in [5.41, 5.74) is 0. The van der Waals surface area contributed by atoms with Crippen molar-refractivity contribution in [1.29, 1.82) is 0 Å². The van der Waals surface area contributed by atoms with Crippen molar-refractivity contribution in [3.63, 3.8) is 0 Å². The number of carbonyl (C=O) groups excluding carboxylic acids is 3. The fourth-order valence-corrected chi connectivity index (χ4v) is 1.96. The van der Waals surface area contributed by atoms with Crippen LogP contribution in [0.1, 0.15) is 19.8 Å². The van der Waals surface area contributed by atoms with E-state index in [1.54, 1.807) is 11.8 Å². The van der Waals surface area contributed by atoms with Crippen LogP contribution >= 0.6 is 11.8 Å². The van der Waals surface area contributed by atoms with Crippen molar-refractivity contribution < 1.29 is 28.6 Å². The van der Waals surface area contributed by atoms with Crippen molar-refractivity contribution in [2.75, 3.05) is 24.7 Å². The first-order valence-electron chi connectivity index (χ1n) is 5.66. The third kappa shape index (κ3) is 6.02. The van der Waals surface area contributed by atoms with E-state index in [4.69, 9.17) is 9.47 Å². The van der Waals surface area contributed by atoms with E-state index in [-0.39, 0.29) is 19.0 Å². The van der Waals surface area contributed by atoms with E-state index >= 15 is 0 Å². The highest BCUT2D eigenvalue weighted by Gasteiger charge is 2.18. The molecule has 1 rings (SSSR count). The maximum Gasteiger partial charge on any atom is 0.374 e. The zero-order chi connectivity index (χ0) is 13.4. The second-order valence-corrected chi connectivity index (χ2v) is 4.81. The Kier molecular flexibility index (Phi) is 6.74. The van der Waals surface area contributed by atoms with E-state index in [0.717, 1.165) is 12.7 Å². The SMILES string of the molecule is CC(=O)C(=O)OCCCC(=O)OC1CSCCO1. The van der Waals surface area contributed by atoms with Crippen LogP contribution in [0.3, 0.4) is 0 Å². The predicted molar refractivity (Wildman–Crippen MR) is 64.0 cm³/mol. The molecule has 0 spiro atoms. The highest BCUT2D eigenvalue weighted by molar-refractivity contribution is 7.99. The summed E-state index contributed by atoms with van der Waals surface area (Å²) in [6.45, 7) is 1.75. The van der Waals surface area contributed by atoms with Gasteiger partial charge in [-0.1, -0.05) is 0 Å². The van der Waals surface area contributed by atoms with Crippen LogP contribution in [0.25, 0.3) is 0 Å². The molecule has 1 aliphatic heterocycles. The third-order valence-electron chi connectivity index (χ3n) is 2.09. The molecule has 1 saturated heterocycles. The first-order chi connectivity index (χ1) is 8.59. The molecule has 0 aromatic carbocycles. The van der Waals surface area contributed by atoms with Crippen LogP contribution in [0.2, 0.25) is 0 Å². The number of hydrogen-bond acceptors (Lipinski definition) is 7. The highest BCUT2D eigenvalue weighted by Crippen LogP contribution is 2.14. The van der Waals surface area contributed by atoms with Gasteiger partial charge >= 0.3 is 11.9 Å². The van der Waals surface area contributed by atoms with Gasteiger partial charge in [0.25, 0.3) is 0 Å². The van der Waals surface area contributed by atoms with Gasteiger partial charge in [0.2, 0.25) is 12.1 Å². The highest BCUT2D eigenvalue weighted by atomic mass is 32.2. The number of ketones is 1. The van der Waals surface area contributed by atoms with Crippen LogP contribution in [-0.4, -0.2) is 48.7 Å². The Hall–Kier alpha value is -1.08. The van der Waals surface area contributed by atoms with Gasteiger partial charge in [-0.25, -0.2) is 4.79 Å². The molecule has 1 aliphatic rings. The Morgan fingerprint density at radius 3 is 2.78 bits per heavy atom. The number of esters is 2. The number of rotatable bonds is 6. The van der Waals surface area contributed by atoms with Crippen LogP contribution in [0.15, 0.2) is 0 Å². The normalized spacial score (nSPS) is 19.1. The van der Waals surface area contributed by atoms with Gasteiger partial charge in [0.15, 0.2) is 0 Å². The monoisotopic (exact) mass is 276 g/mol. The van der Waals surface area contributed by atoms with Gasteiger partial charge in [0, 0.05) is 19.1 Å². The molecule has 1 heterocycles. The Balaban J connectivity index is 2.06. The lowest BCUT2D eigenvalue weighted by molar-refractivity contribution is -0.174. The Labute approximate surface area is 109 Å². The first kappa shape index (κ1) is 15.0. The molecule has 0 bridgehead atoms. The third-order valence-corrected chi connectivity index (χ3v) is 3.06. The molecule has 0 saturated carbocycles. The number of hydrogen-bond donors (Lipinski definition) is 0. The zero-order valence-corrected chi connectivity index (χ0v) is 11.0. The van der Waals surface area contributed by atoms with E-state index in [1.807, 2.05) is 0 Å². The molecule has 0 N–H and O–H groups in total. The number of carbonyl (C=O) groups is 3. The number of thioether (sulfide) groups is 1. The van der Waals surface area contributed by atoms with E-state index in [0.29, 0.717) is 18.8 Å². The Morgan fingerprint density at radius 2 is 2.17 bits per heavy atom. The fraction of sp³-hybridized carbons (Fsp3) is 0.727. The molecule has 0 aliphatic carbocycles. The summed E-state index contributed by atoms with van der Waals surface area (Å²) in [6.07, 6.45) is -0.0102. The molecule has 1 atom stereocenters. The lowest BCUT2D eigenvalue weighted by Crippen LogP contribution is -2.28. The van der Waals surface area contributed by atoms with Gasteiger partial charge in [-0.05, 0) is 6.42 Å². The van der Waals surface area contributed by atoms with E-state index in [2.05, 4.69) is 4.74 Å². The minimum absolute atomic E-state index is 0.0355. The number of ether oxygens (including phenoxy) is 3. The van der Waals surface area contributed by atoms with Crippen molar-refractivity contribution in [1.82, 2.24) is 0 Å². The summed E-state index contributed by atoms with van der Waals surface area (Å²) < 4.78 is 14.9. The largest absolute Gasteiger partial charge is 0.460 e. The maximum atomic E-state index is 11.4. The van der Waals surface area contributed by atoms with Crippen LogP contribution in [0.5, 0.6) is 0 Å². The average Bonchev–Trinajstić information content (AvgIpc) is 2.35. The molecule has 18 heavy (non-hydrogen) atoms. The zero-order valence-electron chi connectivity index (χ0n) is 10.2. The molecule has 1 fully saturated rings. The lowest BCUT2D eigenvalue weighted by Gasteiger charge is -2.21. The molecule has 6 nitrogen and oxygen atoms in total. The molecule has 1 unspecified atom stereocenters. The van der Waals surface area contributed by atoms with Gasteiger partial charge in [0.05, 0.1) is 19.0 Å². The Morgan fingerprint density at radius 1 is 1.39 bits per heavy atom. The molecule has 0 aromatic heterocycles. The van der Waals surface area contributed by atoms with E-state index in [1.165, 1.54) is 0 Å². The fourth-order valence-electron chi connectivity index (χ4n) is 1.22. The summed E-state index contributed by atoms with van der Waals surface area (Å²) in [5.74, 6) is -0.359. The summed E-state index contributed by atoms with van der Waals surface area (Å²) in [6, 6.07) is 0. The number of Topliss-reactive ketones (excluding diaryl/α,β-unsaturated/α-hetero) is 1. The molecular formula is C11H16O6S. The summed E-state index contributed by atoms with van der Waals surface area (Å²) >= 11 is 1.67. The minimum atomic E-state index is -0.879. The first-order valence-corrected chi connectivity index (χ1v) is 6.81. The maximum absolute atomic E-state index is 11.4. The molecule has 0 aromatic rings. The molecular weight excluding hydrogens is 260 g/mol. The smallest absolute Gasteiger partial charge is 0.374 e. The van der Waals surface area contributed by atoms with Crippen molar-refractivity contribution in [3.8, 4) is 0 Å². The standard InChI is InChI=1S/C11H16O6S/c1-8(12)11(14)16-4-2-3-9(13)17-10-7-18-6-5-15-10/h10H,2-7H2,1H3. The van der Waals surface area contributed by atoms with Crippen molar-refractivity contribution in [3.05, 3.63) is 0 Å². The Bertz CT molecular complexity index is 311. The molecule has 7 heteroatoms. The van der Waals surface area contributed by atoms with Gasteiger partial charge < -0.3 is 14.2 Å². The predicted octanol–water partition coefficient (Wildman–Crippen LogP) is 0.531. The van der Waals surface area contributed by atoms with Crippen LogP contribution in [0, 0.1) is 0 Å². The van der Waals surface area contributed by atoms with E-state index in [9.17, 15) is 14.4 Å². The van der Waals surface area contributed by atoms with Gasteiger partial charge in [-0.2, -0.15) is 11.8 Å². The van der Waals surface area contributed by atoms with Crippen LogP contribution in [0.4, 0.5) is 0 Å². The lowest BCUT2D eigenvalue weighted by atomic mass is 10.3. The second kappa shape index (κ2) is 8.10. The summed E-state index contributed by atoms with van der Waals surface area (Å²) in [5, 5.41) is 0. The molecule has 0 amide bonds. The van der Waals surface area contributed by atoms with Crippen LogP contribution in [-0.2, 0) is 28.6 Å². The van der Waals surface area contributed by atoms with Gasteiger partial charge in [-0.3, -0.25) is 9.59 Å². The summed E-state index contributed by atoms with van der Waals surface area (Å²) in [4.78, 5) is 32.7. The van der Waals surface area contributed by atoms with Gasteiger partial charge in [-0.15, -0.1) is 0 Å².